The van der Waals surface area contributed by atoms with Gasteiger partial charge < -0.3 is 0 Å². The van der Waals surface area contributed by atoms with Gasteiger partial charge >= 0.3 is 0 Å². The van der Waals surface area contributed by atoms with E-state index >= 15 is 0 Å². The van der Waals surface area contributed by atoms with Crippen LogP contribution >= 0.6 is 17.5 Å². The lowest BCUT2D eigenvalue weighted by atomic mass is 10.4. The van der Waals surface area contributed by atoms with Gasteiger partial charge in [0.2, 0.25) is 0 Å². The highest BCUT2D eigenvalue weighted by molar-refractivity contribution is 8.67. The molecule has 0 aromatic heterocycles. The van der Waals surface area contributed by atoms with Crippen LogP contribution in [0, 0.1) is 0 Å². The van der Waals surface area contributed by atoms with E-state index in [0.29, 0.717) is 0 Å². The minimum atomic E-state index is -1.97. The van der Waals surface area contributed by atoms with E-state index in [4.69, 9.17) is 11.8 Å². The summed E-state index contributed by atoms with van der Waals surface area (Å²) < 4.78 is 0. The van der Waals surface area contributed by atoms with Crippen molar-refractivity contribution in [3.8, 4) is 0 Å². The van der Waals surface area contributed by atoms with Crippen LogP contribution in [0.3, 0.4) is 0 Å². The van der Waals surface area contributed by atoms with Crippen LogP contribution in [-0.2, 0) is 11.8 Å². The van der Waals surface area contributed by atoms with Crippen molar-refractivity contribution in [1.82, 2.24) is 0 Å². The first-order chi connectivity index (χ1) is 7.12. The van der Waals surface area contributed by atoms with E-state index in [-0.39, 0.29) is 0 Å². The molecular formula is C12H13PS2. The van der Waals surface area contributed by atoms with E-state index in [9.17, 15) is 0 Å². The van der Waals surface area contributed by atoms with E-state index in [0.717, 1.165) is 10.6 Å². The zero-order valence-electron chi connectivity index (χ0n) is 8.34. The van der Waals surface area contributed by atoms with Crippen LogP contribution in [0.2, 0.25) is 0 Å². The number of thiol groups is 1. The highest BCUT2D eigenvalue weighted by atomic mass is 32.9. The summed E-state index contributed by atoms with van der Waals surface area (Å²) in [6.07, 6.45) is 5.37. The largest absolute Gasteiger partial charge is 0.133 e. The van der Waals surface area contributed by atoms with Gasteiger partial charge in [0.1, 0.15) is 0 Å². The van der Waals surface area contributed by atoms with Crippen molar-refractivity contribution in [1.29, 1.82) is 0 Å². The lowest BCUT2D eigenvalue weighted by Crippen LogP contribution is -2.00. The summed E-state index contributed by atoms with van der Waals surface area (Å²) in [5, 5.41) is 0.0821. The lowest BCUT2D eigenvalue weighted by Gasteiger charge is -2.17. The van der Waals surface area contributed by atoms with Gasteiger partial charge in [-0.25, -0.2) is 0 Å². The average Bonchev–Trinajstić information content (AvgIpc) is 2.27. The second-order valence-corrected chi connectivity index (χ2v) is 9.38. The quantitative estimate of drug-likeness (QED) is 0.482. The SMILES string of the molecule is C=C/C=C(\C=C)P(=S)(S)c1ccccc1. The first-order valence-corrected chi connectivity index (χ1v) is 8.42. The number of allylic oxidation sites excluding steroid dienone is 4. The van der Waals surface area contributed by atoms with E-state index in [1.807, 2.05) is 36.4 Å². The molecule has 0 saturated heterocycles. The Labute approximate surface area is 102 Å². The number of benzene rings is 1. The van der Waals surface area contributed by atoms with Crippen LogP contribution < -0.4 is 5.30 Å². The van der Waals surface area contributed by atoms with Crippen molar-refractivity contribution in [2.45, 2.75) is 0 Å². The molecule has 0 saturated carbocycles. The van der Waals surface area contributed by atoms with Gasteiger partial charge in [-0.1, -0.05) is 73.5 Å². The Hall–Kier alpha value is -0.560. The monoisotopic (exact) mass is 252 g/mol. The normalized spacial score (nSPS) is 15.4. The van der Waals surface area contributed by atoms with Gasteiger partial charge in [0, 0.05) is 0 Å². The van der Waals surface area contributed by atoms with Gasteiger partial charge in [-0.05, 0) is 10.6 Å². The van der Waals surface area contributed by atoms with Crippen molar-refractivity contribution in [3.63, 3.8) is 0 Å². The first-order valence-electron chi connectivity index (χ1n) is 4.47. The second kappa shape index (κ2) is 5.50. The predicted molar refractivity (Wildman–Crippen MR) is 77.8 cm³/mol. The van der Waals surface area contributed by atoms with Crippen LogP contribution in [0.25, 0.3) is 0 Å². The highest BCUT2D eigenvalue weighted by Crippen LogP contribution is 2.57. The standard InChI is InChI=1S/C12H13PS2/c1-3-8-11(4-2)13(14,15)12-9-6-5-7-10-12/h3-10H,1-2H2,(H,14,15)/b11-8+. The number of hydrogen-bond acceptors (Lipinski definition) is 1. The summed E-state index contributed by atoms with van der Waals surface area (Å²) in [4.78, 5) is 0. The summed E-state index contributed by atoms with van der Waals surface area (Å²) in [6, 6.07) is 9.93. The van der Waals surface area contributed by atoms with Gasteiger partial charge in [0.05, 0.1) is 5.24 Å². The summed E-state index contributed by atoms with van der Waals surface area (Å²) in [7, 11) is 0. The number of hydrogen-bond donors (Lipinski definition) is 1. The van der Waals surface area contributed by atoms with E-state index in [1.165, 1.54) is 0 Å². The molecular weight excluding hydrogens is 239 g/mol. The molecule has 1 rings (SSSR count). The van der Waals surface area contributed by atoms with Gasteiger partial charge in [-0.3, -0.25) is 0 Å². The van der Waals surface area contributed by atoms with Crippen LogP contribution in [0.15, 0.2) is 67.0 Å². The molecule has 0 N–H and O–H groups in total. The smallest absolute Gasteiger partial charge is 0.0584 e. The molecule has 0 spiro atoms. The molecule has 0 heterocycles. The maximum Gasteiger partial charge on any atom is 0.0584 e. The summed E-state index contributed by atoms with van der Waals surface area (Å²) in [5.74, 6) is 0. The Morgan fingerprint density at radius 1 is 1.27 bits per heavy atom. The van der Waals surface area contributed by atoms with E-state index < -0.39 is 5.24 Å². The molecule has 0 fully saturated rings. The maximum atomic E-state index is 5.58. The molecule has 3 heteroatoms. The molecule has 0 aliphatic rings. The van der Waals surface area contributed by atoms with Crippen molar-refractivity contribution in [2.75, 3.05) is 0 Å². The molecule has 1 atom stereocenters. The summed E-state index contributed by atoms with van der Waals surface area (Å²) >= 11 is 10.2. The average molecular weight is 252 g/mol. The Balaban J connectivity index is 3.23. The zero-order valence-corrected chi connectivity index (χ0v) is 10.9. The molecule has 0 aliphatic heterocycles. The van der Waals surface area contributed by atoms with Gasteiger partial charge in [0.15, 0.2) is 0 Å². The fraction of sp³-hybridized carbons (Fsp3) is 0. The zero-order chi connectivity index (χ0) is 11.3. The Morgan fingerprint density at radius 2 is 1.87 bits per heavy atom. The molecule has 0 bridgehead atoms. The number of rotatable bonds is 4. The van der Waals surface area contributed by atoms with Gasteiger partial charge in [-0.15, -0.1) is 12.2 Å². The highest BCUT2D eigenvalue weighted by Gasteiger charge is 2.16. The third-order valence-electron chi connectivity index (χ3n) is 1.95. The third-order valence-corrected chi connectivity index (χ3v) is 6.63. The minimum absolute atomic E-state index is 0.974. The van der Waals surface area contributed by atoms with Crippen molar-refractivity contribution < 1.29 is 0 Å². The Morgan fingerprint density at radius 3 is 2.33 bits per heavy atom. The molecule has 0 amide bonds. The Bertz CT molecular complexity index is 432. The van der Waals surface area contributed by atoms with Crippen LogP contribution in [-0.4, -0.2) is 0 Å². The molecule has 0 aliphatic carbocycles. The fourth-order valence-electron chi connectivity index (χ4n) is 1.19. The minimum Gasteiger partial charge on any atom is -0.133 e. The molecule has 1 aromatic carbocycles. The van der Waals surface area contributed by atoms with Crippen molar-refractivity contribution >= 4 is 34.6 Å². The molecule has 0 nitrogen and oxygen atoms in total. The Kier molecular flexibility index (Phi) is 4.59. The van der Waals surface area contributed by atoms with Gasteiger partial charge in [-0.2, -0.15) is 0 Å². The van der Waals surface area contributed by atoms with Crippen LogP contribution in [0.1, 0.15) is 0 Å². The molecule has 1 unspecified atom stereocenters. The van der Waals surface area contributed by atoms with E-state index in [1.54, 1.807) is 12.2 Å². The summed E-state index contributed by atoms with van der Waals surface area (Å²) in [6.45, 7) is 7.44. The lowest BCUT2D eigenvalue weighted by molar-refractivity contribution is 1.77. The second-order valence-electron chi connectivity index (χ2n) is 2.94. The van der Waals surface area contributed by atoms with Crippen molar-refractivity contribution in [3.05, 3.63) is 67.0 Å². The molecule has 1 aromatic rings. The summed E-state index contributed by atoms with van der Waals surface area (Å²) in [5.41, 5.74) is 0. The van der Waals surface area contributed by atoms with Crippen molar-refractivity contribution in [2.24, 2.45) is 0 Å². The topological polar surface area (TPSA) is 0 Å². The van der Waals surface area contributed by atoms with E-state index in [2.05, 4.69) is 25.4 Å². The maximum absolute atomic E-state index is 5.58. The molecule has 15 heavy (non-hydrogen) atoms. The fourth-order valence-corrected chi connectivity index (χ4v) is 4.24. The third kappa shape index (κ3) is 2.94. The predicted octanol–water partition coefficient (Wildman–Crippen LogP) is 3.89. The van der Waals surface area contributed by atoms with Gasteiger partial charge in [0.25, 0.3) is 0 Å². The van der Waals surface area contributed by atoms with Crippen LogP contribution in [0.4, 0.5) is 0 Å². The molecule has 0 radical (unpaired) electrons. The van der Waals surface area contributed by atoms with Crippen LogP contribution in [0.5, 0.6) is 0 Å². The first kappa shape index (κ1) is 12.5. The molecule has 78 valence electrons.